The van der Waals surface area contributed by atoms with E-state index < -0.39 is 5.60 Å². The Hall–Kier alpha value is -2.91. The Bertz CT molecular complexity index is 965. The summed E-state index contributed by atoms with van der Waals surface area (Å²) in [6, 6.07) is 26.3. The highest BCUT2D eigenvalue weighted by molar-refractivity contribution is 5.95. The maximum Gasteiger partial charge on any atom is 0.216 e. The minimum atomic E-state index is -1.05. The number of hydrogen-bond donors (Lipinski definition) is 1. The van der Waals surface area contributed by atoms with Gasteiger partial charge in [0.15, 0.2) is 0 Å². The first-order chi connectivity index (χ1) is 14.4. The molecule has 0 amide bonds. The molecule has 0 bridgehead atoms. The fourth-order valence-electron chi connectivity index (χ4n) is 4.47. The summed E-state index contributed by atoms with van der Waals surface area (Å²) in [6.07, 6.45) is 0.827. The molecule has 3 nitrogen and oxygen atoms in total. The van der Waals surface area contributed by atoms with Crippen LogP contribution in [0.4, 0.5) is 0 Å². The molecule has 1 N–H and O–H groups in total. The molecule has 0 radical (unpaired) electrons. The molecule has 3 heteroatoms. The van der Waals surface area contributed by atoms with Crippen LogP contribution in [0.5, 0.6) is 0 Å². The maximum absolute atomic E-state index is 12.0. The summed E-state index contributed by atoms with van der Waals surface area (Å²) < 4.78 is 6.18. The monoisotopic (exact) mass is 399 g/mol. The van der Waals surface area contributed by atoms with E-state index in [-0.39, 0.29) is 12.1 Å². The third kappa shape index (κ3) is 4.47. The molecule has 154 valence electrons. The van der Waals surface area contributed by atoms with Crippen LogP contribution in [-0.4, -0.2) is 28.8 Å². The summed E-state index contributed by atoms with van der Waals surface area (Å²) in [5, 5.41) is 12.0. The molecule has 0 saturated heterocycles. The molecule has 2 atom stereocenters. The Kier molecular flexibility index (Phi) is 5.74. The van der Waals surface area contributed by atoms with Crippen molar-refractivity contribution in [2.45, 2.75) is 51.4 Å². The fraction of sp³-hybridized carbons (Fsp3) is 0.296. The average Bonchev–Trinajstić information content (AvgIpc) is 3.11. The van der Waals surface area contributed by atoms with Crippen LogP contribution >= 0.6 is 0 Å². The number of aliphatic hydroxyl groups is 1. The molecule has 4 rings (SSSR count). The summed E-state index contributed by atoms with van der Waals surface area (Å²) in [6.45, 7) is 6.16. The highest BCUT2D eigenvalue weighted by atomic mass is 16.5. The van der Waals surface area contributed by atoms with Crippen molar-refractivity contribution < 1.29 is 9.84 Å². The topological polar surface area (TPSA) is 41.8 Å². The number of aryl methyl sites for hydroxylation is 2. The number of aliphatic imine (C=N–C) groups is 1. The van der Waals surface area contributed by atoms with E-state index in [0.29, 0.717) is 18.7 Å². The first-order valence-electron chi connectivity index (χ1n) is 10.6. The molecule has 3 aromatic carbocycles. The molecule has 0 unspecified atom stereocenters. The first kappa shape index (κ1) is 20.4. The molecule has 1 aliphatic rings. The van der Waals surface area contributed by atoms with Crippen LogP contribution in [-0.2, 0) is 17.6 Å². The second-order valence-corrected chi connectivity index (χ2v) is 8.51. The number of ether oxygens (including phenoxy) is 1. The van der Waals surface area contributed by atoms with Crippen molar-refractivity contribution in [2.24, 2.45) is 4.99 Å². The van der Waals surface area contributed by atoms with Gasteiger partial charge >= 0.3 is 0 Å². The fourth-order valence-corrected chi connectivity index (χ4v) is 4.47. The highest BCUT2D eigenvalue weighted by Crippen LogP contribution is 2.32. The van der Waals surface area contributed by atoms with Crippen molar-refractivity contribution in [3.63, 3.8) is 0 Å². The molecule has 0 aliphatic carbocycles. The van der Waals surface area contributed by atoms with Crippen molar-refractivity contribution in [3.8, 4) is 0 Å². The van der Waals surface area contributed by atoms with E-state index in [0.717, 1.165) is 16.7 Å². The lowest BCUT2D eigenvalue weighted by Gasteiger charge is -2.34. The Morgan fingerprint density at radius 2 is 1.33 bits per heavy atom. The molecule has 0 saturated carbocycles. The summed E-state index contributed by atoms with van der Waals surface area (Å²) in [4.78, 5) is 4.93. The summed E-state index contributed by atoms with van der Waals surface area (Å²) in [5.74, 6) is 0.624. The van der Waals surface area contributed by atoms with E-state index in [1.165, 1.54) is 11.1 Å². The summed E-state index contributed by atoms with van der Waals surface area (Å²) in [7, 11) is 0. The molecular weight excluding hydrogens is 370 g/mol. The lowest BCUT2D eigenvalue weighted by molar-refractivity contribution is -0.0102. The predicted octanol–water partition coefficient (Wildman–Crippen LogP) is 5.05. The largest absolute Gasteiger partial charge is 0.472 e. The molecular formula is C27H29NO2. The van der Waals surface area contributed by atoms with Crippen LogP contribution < -0.4 is 0 Å². The number of benzene rings is 3. The minimum absolute atomic E-state index is 0.210. The molecule has 30 heavy (non-hydrogen) atoms. The first-order valence-corrected chi connectivity index (χ1v) is 10.6. The smallest absolute Gasteiger partial charge is 0.216 e. The molecule has 3 aromatic rings. The SMILES string of the molecule is Cc1cc(C)cc(C2=N[C@H](C(O)(Cc3ccccc3)Cc3ccccc3)[C@H](C)O2)c1. The molecule has 0 spiro atoms. The maximum atomic E-state index is 12.0. The number of rotatable bonds is 6. The Balaban J connectivity index is 1.71. The Labute approximate surface area is 179 Å². The Morgan fingerprint density at radius 1 is 0.833 bits per heavy atom. The second-order valence-electron chi connectivity index (χ2n) is 8.51. The number of hydrogen-bond acceptors (Lipinski definition) is 3. The van der Waals surface area contributed by atoms with Gasteiger partial charge in [-0.3, -0.25) is 0 Å². The average molecular weight is 400 g/mol. The van der Waals surface area contributed by atoms with Gasteiger partial charge in [0.1, 0.15) is 12.1 Å². The highest BCUT2D eigenvalue weighted by Gasteiger charge is 2.45. The van der Waals surface area contributed by atoms with Crippen molar-refractivity contribution in [3.05, 3.63) is 107 Å². The molecule has 0 fully saturated rings. The van der Waals surface area contributed by atoms with Crippen LogP contribution in [0.1, 0.15) is 34.7 Å². The zero-order valence-electron chi connectivity index (χ0n) is 17.9. The zero-order chi connectivity index (χ0) is 21.1. The minimum Gasteiger partial charge on any atom is -0.472 e. The molecule has 0 aromatic heterocycles. The van der Waals surface area contributed by atoms with Crippen molar-refractivity contribution in [1.29, 1.82) is 0 Å². The van der Waals surface area contributed by atoms with E-state index in [1.807, 2.05) is 43.3 Å². The van der Waals surface area contributed by atoms with Crippen LogP contribution in [0.15, 0.2) is 83.9 Å². The van der Waals surface area contributed by atoms with Gasteiger partial charge in [-0.1, -0.05) is 77.9 Å². The van der Waals surface area contributed by atoms with Gasteiger partial charge in [-0.05, 0) is 44.0 Å². The van der Waals surface area contributed by atoms with Gasteiger partial charge in [0.25, 0.3) is 0 Å². The second kappa shape index (κ2) is 8.45. The van der Waals surface area contributed by atoms with Crippen molar-refractivity contribution in [1.82, 2.24) is 0 Å². The van der Waals surface area contributed by atoms with Crippen LogP contribution in [0, 0.1) is 13.8 Å². The van der Waals surface area contributed by atoms with Gasteiger partial charge in [-0.25, -0.2) is 4.99 Å². The number of nitrogens with zero attached hydrogens (tertiary/aromatic N) is 1. The third-order valence-electron chi connectivity index (χ3n) is 5.72. The molecule has 1 aliphatic heterocycles. The lowest BCUT2D eigenvalue weighted by Crippen LogP contribution is -2.49. The quantitative estimate of drug-likeness (QED) is 0.630. The summed E-state index contributed by atoms with van der Waals surface area (Å²) >= 11 is 0. The van der Waals surface area contributed by atoms with Gasteiger partial charge in [0.2, 0.25) is 5.90 Å². The lowest BCUT2D eigenvalue weighted by atomic mass is 9.80. The standard InChI is InChI=1S/C27H29NO2/c1-19-14-20(2)16-24(15-19)26-28-25(21(3)30-26)27(29,17-22-10-6-4-7-11-22)18-23-12-8-5-9-13-23/h4-16,21,25,29H,17-18H2,1-3H3/t21-,25-/m0/s1. The van der Waals surface area contributed by atoms with Crippen molar-refractivity contribution in [2.75, 3.05) is 0 Å². The van der Waals surface area contributed by atoms with Gasteiger partial charge in [0, 0.05) is 18.4 Å². The normalized spacial score (nSPS) is 18.7. The zero-order valence-corrected chi connectivity index (χ0v) is 17.9. The van der Waals surface area contributed by atoms with Crippen LogP contribution in [0.2, 0.25) is 0 Å². The van der Waals surface area contributed by atoms with Gasteiger partial charge in [0.05, 0.1) is 5.60 Å². The predicted molar refractivity (Wildman–Crippen MR) is 122 cm³/mol. The van der Waals surface area contributed by atoms with Gasteiger partial charge in [-0.2, -0.15) is 0 Å². The third-order valence-corrected chi connectivity index (χ3v) is 5.72. The van der Waals surface area contributed by atoms with E-state index >= 15 is 0 Å². The van der Waals surface area contributed by atoms with Crippen molar-refractivity contribution >= 4 is 5.90 Å². The van der Waals surface area contributed by atoms with Crippen LogP contribution in [0.3, 0.4) is 0 Å². The molecule has 1 heterocycles. The van der Waals surface area contributed by atoms with E-state index in [4.69, 9.17) is 9.73 Å². The summed E-state index contributed by atoms with van der Waals surface area (Å²) in [5.41, 5.74) is 4.47. The van der Waals surface area contributed by atoms with E-state index in [2.05, 4.69) is 56.3 Å². The van der Waals surface area contributed by atoms with E-state index in [1.54, 1.807) is 0 Å². The van der Waals surface area contributed by atoms with Gasteiger partial charge in [-0.15, -0.1) is 0 Å². The Morgan fingerprint density at radius 3 is 1.83 bits per heavy atom. The van der Waals surface area contributed by atoms with Crippen LogP contribution in [0.25, 0.3) is 0 Å². The van der Waals surface area contributed by atoms with E-state index in [9.17, 15) is 5.11 Å². The van der Waals surface area contributed by atoms with Gasteiger partial charge < -0.3 is 9.84 Å².